The van der Waals surface area contributed by atoms with Gasteiger partial charge in [-0.3, -0.25) is 0 Å². The molecule has 1 rings (SSSR count). The third-order valence-electron chi connectivity index (χ3n) is 2.04. The van der Waals surface area contributed by atoms with E-state index in [0.717, 1.165) is 10.0 Å². The average Bonchev–Trinajstić information content (AvgIpc) is 2.15. The van der Waals surface area contributed by atoms with Crippen LogP contribution < -0.4 is 0 Å². The highest BCUT2D eigenvalue weighted by Gasteiger charge is 2.03. The second-order valence-electron chi connectivity index (χ2n) is 3.08. The monoisotopic (exact) mass is 240 g/mol. The smallest absolute Gasteiger partial charge is 0.0682 e. The number of halogens is 1. The maximum Gasteiger partial charge on any atom is 0.0682 e. The molecule has 0 heterocycles. The van der Waals surface area contributed by atoms with Gasteiger partial charge < -0.3 is 5.11 Å². The SMILES string of the molecule is C=CC(C)c1cc(Br)cc(CO)c1. The van der Waals surface area contributed by atoms with E-state index in [4.69, 9.17) is 5.11 Å². The van der Waals surface area contributed by atoms with Crippen molar-refractivity contribution in [3.8, 4) is 0 Å². The number of aliphatic hydroxyl groups is 1. The zero-order valence-corrected chi connectivity index (χ0v) is 9.21. The lowest BCUT2D eigenvalue weighted by molar-refractivity contribution is 0.281. The summed E-state index contributed by atoms with van der Waals surface area (Å²) in [6.45, 7) is 5.90. The van der Waals surface area contributed by atoms with Gasteiger partial charge >= 0.3 is 0 Å². The van der Waals surface area contributed by atoms with Crippen molar-refractivity contribution in [2.75, 3.05) is 0 Å². The number of benzene rings is 1. The van der Waals surface area contributed by atoms with Crippen molar-refractivity contribution >= 4 is 15.9 Å². The third-order valence-corrected chi connectivity index (χ3v) is 2.50. The van der Waals surface area contributed by atoms with Crippen molar-refractivity contribution in [3.63, 3.8) is 0 Å². The maximum absolute atomic E-state index is 8.99. The van der Waals surface area contributed by atoms with Crippen LogP contribution in [-0.2, 0) is 6.61 Å². The molecule has 0 aromatic heterocycles. The molecule has 0 radical (unpaired) electrons. The van der Waals surface area contributed by atoms with Gasteiger partial charge in [-0.05, 0) is 29.2 Å². The summed E-state index contributed by atoms with van der Waals surface area (Å²) >= 11 is 3.41. The largest absolute Gasteiger partial charge is 0.392 e. The highest BCUT2D eigenvalue weighted by atomic mass is 79.9. The Morgan fingerprint density at radius 1 is 1.54 bits per heavy atom. The Labute approximate surface area is 87.2 Å². The second-order valence-corrected chi connectivity index (χ2v) is 3.99. The summed E-state index contributed by atoms with van der Waals surface area (Å²) in [6.07, 6.45) is 1.89. The van der Waals surface area contributed by atoms with Crippen molar-refractivity contribution in [2.24, 2.45) is 0 Å². The minimum absolute atomic E-state index is 0.0797. The summed E-state index contributed by atoms with van der Waals surface area (Å²) in [5.74, 6) is 0.322. The minimum Gasteiger partial charge on any atom is -0.392 e. The zero-order valence-electron chi connectivity index (χ0n) is 7.63. The topological polar surface area (TPSA) is 20.2 Å². The van der Waals surface area contributed by atoms with Crippen LogP contribution in [0.5, 0.6) is 0 Å². The molecule has 0 fully saturated rings. The van der Waals surface area contributed by atoms with Crippen molar-refractivity contribution in [2.45, 2.75) is 19.4 Å². The van der Waals surface area contributed by atoms with Gasteiger partial charge in [0, 0.05) is 4.47 Å². The first-order valence-corrected chi connectivity index (χ1v) is 4.99. The molecule has 0 aliphatic rings. The Morgan fingerprint density at radius 2 is 2.23 bits per heavy atom. The van der Waals surface area contributed by atoms with Crippen molar-refractivity contribution in [1.29, 1.82) is 0 Å². The van der Waals surface area contributed by atoms with Crippen LogP contribution in [0.4, 0.5) is 0 Å². The lowest BCUT2D eigenvalue weighted by Crippen LogP contribution is -1.92. The quantitative estimate of drug-likeness (QED) is 0.805. The lowest BCUT2D eigenvalue weighted by Gasteiger charge is -2.08. The molecule has 1 unspecified atom stereocenters. The van der Waals surface area contributed by atoms with Gasteiger partial charge in [0.2, 0.25) is 0 Å². The number of rotatable bonds is 3. The predicted molar refractivity (Wildman–Crippen MR) is 58.7 cm³/mol. The Morgan fingerprint density at radius 3 is 2.77 bits per heavy atom. The van der Waals surface area contributed by atoms with Crippen LogP contribution in [0, 0.1) is 0 Å². The highest BCUT2D eigenvalue weighted by Crippen LogP contribution is 2.22. The van der Waals surface area contributed by atoms with E-state index in [1.54, 1.807) is 0 Å². The molecule has 1 nitrogen and oxygen atoms in total. The van der Waals surface area contributed by atoms with Crippen molar-refractivity contribution in [1.82, 2.24) is 0 Å². The number of allylic oxidation sites excluding steroid dienone is 1. The molecule has 1 atom stereocenters. The van der Waals surface area contributed by atoms with Crippen molar-refractivity contribution < 1.29 is 5.11 Å². The van der Waals surface area contributed by atoms with Crippen molar-refractivity contribution in [3.05, 3.63) is 46.5 Å². The van der Waals surface area contributed by atoms with E-state index in [0.29, 0.717) is 5.92 Å². The Bertz CT molecular complexity index is 307. The third kappa shape index (κ3) is 2.68. The van der Waals surface area contributed by atoms with E-state index in [1.807, 2.05) is 24.3 Å². The molecule has 0 spiro atoms. The highest BCUT2D eigenvalue weighted by molar-refractivity contribution is 9.10. The van der Waals surface area contributed by atoms with E-state index >= 15 is 0 Å². The van der Waals surface area contributed by atoms with Crippen LogP contribution in [0.1, 0.15) is 24.0 Å². The molecule has 0 amide bonds. The summed E-state index contributed by atoms with van der Waals surface area (Å²) in [5.41, 5.74) is 2.10. The summed E-state index contributed by atoms with van der Waals surface area (Å²) in [6, 6.07) is 5.96. The van der Waals surface area contributed by atoms with E-state index in [9.17, 15) is 0 Å². The van der Waals surface area contributed by atoms with Crippen LogP contribution >= 0.6 is 15.9 Å². The molecule has 1 aromatic carbocycles. The number of hydrogen-bond acceptors (Lipinski definition) is 1. The molecule has 0 aliphatic carbocycles. The fourth-order valence-corrected chi connectivity index (χ4v) is 1.72. The van der Waals surface area contributed by atoms with E-state index in [-0.39, 0.29) is 6.61 Å². The van der Waals surface area contributed by atoms with Gasteiger partial charge in [-0.2, -0.15) is 0 Å². The second kappa shape index (κ2) is 4.58. The molecular formula is C11H13BrO. The fourth-order valence-electron chi connectivity index (χ4n) is 1.17. The molecule has 1 aromatic rings. The van der Waals surface area contributed by atoms with Crippen LogP contribution in [0.3, 0.4) is 0 Å². The van der Waals surface area contributed by atoms with Gasteiger partial charge in [0.25, 0.3) is 0 Å². The first-order valence-electron chi connectivity index (χ1n) is 4.20. The van der Waals surface area contributed by atoms with Gasteiger partial charge in [-0.25, -0.2) is 0 Å². The van der Waals surface area contributed by atoms with Gasteiger partial charge in [0.15, 0.2) is 0 Å². The summed E-state index contributed by atoms with van der Waals surface area (Å²) in [5, 5.41) is 8.99. The maximum atomic E-state index is 8.99. The molecule has 0 aliphatic heterocycles. The molecule has 1 N–H and O–H groups in total. The molecule has 0 bridgehead atoms. The van der Waals surface area contributed by atoms with E-state index < -0.39 is 0 Å². The van der Waals surface area contributed by atoms with E-state index in [2.05, 4.69) is 29.4 Å². The Balaban J connectivity index is 3.07. The average molecular weight is 241 g/mol. The first kappa shape index (κ1) is 10.5. The Hall–Kier alpha value is -0.600. The normalized spacial score (nSPS) is 12.5. The minimum atomic E-state index is 0.0797. The van der Waals surface area contributed by atoms with Gasteiger partial charge in [-0.1, -0.05) is 35.0 Å². The Kier molecular flexibility index (Phi) is 3.70. The molecule has 13 heavy (non-hydrogen) atoms. The number of hydrogen-bond donors (Lipinski definition) is 1. The molecule has 70 valence electrons. The summed E-state index contributed by atoms with van der Waals surface area (Å²) < 4.78 is 1.00. The molecule has 2 heteroatoms. The lowest BCUT2D eigenvalue weighted by atomic mass is 9.99. The summed E-state index contributed by atoms with van der Waals surface area (Å²) in [7, 11) is 0. The van der Waals surface area contributed by atoms with Crippen LogP contribution in [-0.4, -0.2) is 5.11 Å². The fraction of sp³-hybridized carbons (Fsp3) is 0.273. The first-order chi connectivity index (χ1) is 6.17. The molecule has 0 saturated heterocycles. The van der Waals surface area contributed by atoms with Crippen LogP contribution in [0.25, 0.3) is 0 Å². The molecule has 0 saturated carbocycles. The van der Waals surface area contributed by atoms with Crippen LogP contribution in [0.2, 0.25) is 0 Å². The number of aliphatic hydroxyl groups excluding tert-OH is 1. The van der Waals surface area contributed by atoms with E-state index in [1.165, 1.54) is 5.56 Å². The summed E-state index contributed by atoms with van der Waals surface area (Å²) in [4.78, 5) is 0. The standard InChI is InChI=1S/C11H13BrO/c1-3-8(2)10-4-9(7-13)5-11(12)6-10/h3-6,8,13H,1,7H2,2H3. The van der Waals surface area contributed by atoms with Gasteiger partial charge in [0.1, 0.15) is 0 Å². The zero-order chi connectivity index (χ0) is 9.84. The van der Waals surface area contributed by atoms with Crippen LogP contribution in [0.15, 0.2) is 35.3 Å². The molecular weight excluding hydrogens is 228 g/mol. The predicted octanol–water partition coefficient (Wildman–Crippen LogP) is 3.23. The van der Waals surface area contributed by atoms with Gasteiger partial charge in [-0.15, -0.1) is 6.58 Å². The van der Waals surface area contributed by atoms with Gasteiger partial charge in [0.05, 0.1) is 6.61 Å².